The number of nitro groups is 1. The second-order valence-corrected chi connectivity index (χ2v) is 5.69. The van der Waals surface area contributed by atoms with Gasteiger partial charge in [0, 0.05) is 12.6 Å². The van der Waals surface area contributed by atoms with Crippen molar-refractivity contribution < 1.29 is 9.66 Å². The van der Waals surface area contributed by atoms with E-state index in [1.54, 1.807) is 0 Å². The number of hydrogen-bond acceptors (Lipinski definition) is 6. The van der Waals surface area contributed by atoms with Crippen molar-refractivity contribution in [1.82, 2.24) is 9.88 Å². The molecule has 1 fully saturated rings. The molecule has 1 saturated heterocycles. The van der Waals surface area contributed by atoms with Gasteiger partial charge < -0.3 is 15.0 Å². The lowest BCUT2D eigenvalue weighted by Crippen LogP contribution is -2.22. The summed E-state index contributed by atoms with van der Waals surface area (Å²) in [6, 6.07) is 1.45. The van der Waals surface area contributed by atoms with Gasteiger partial charge in [-0.15, -0.1) is 0 Å². The lowest BCUT2D eigenvalue weighted by Gasteiger charge is -2.15. The van der Waals surface area contributed by atoms with Crippen molar-refractivity contribution in [2.75, 3.05) is 38.6 Å². The molecule has 8 heteroatoms. The minimum Gasteiger partial charge on any atom is -0.479 e. The van der Waals surface area contributed by atoms with Crippen molar-refractivity contribution in [3.8, 4) is 5.88 Å². The predicted molar refractivity (Wildman–Crippen MR) is 83.9 cm³/mol. The average molecular weight is 359 g/mol. The van der Waals surface area contributed by atoms with Gasteiger partial charge in [0.1, 0.15) is 5.69 Å². The van der Waals surface area contributed by atoms with Crippen LogP contribution in [0.25, 0.3) is 0 Å². The van der Waals surface area contributed by atoms with Crippen LogP contribution in [0.4, 0.5) is 11.4 Å². The molecule has 0 atom stereocenters. The number of anilines is 1. The molecule has 0 bridgehead atoms. The number of rotatable bonds is 7. The second-order valence-electron chi connectivity index (χ2n) is 4.94. The van der Waals surface area contributed by atoms with E-state index in [1.165, 1.54) is 39.1 Å². The van der Waals surface area contributed by atoms with Crippen LogP contribution in [0, 0.1) is 10.1 Å². The van der Waals surface area contributed by atoms with Crippen LogP contribution in [-0.2, 0) is 0 Å². The fraction of sp³-hybridized carbons (Fsp3) is 0.615. The Morgan fingerprint density at radius 2 is 2.24 bits per heavy atom. The molecule has 21 heavy (non-hydrogen) atoms. The van der Waals surface area contributed by atoms with Gasteiger partial charge in [0.2, 0.25) is 5.88 Å². The van der Waals surface area contributed by atoms with E-state index in [4.69, 9.17) is 4.74 Å². The molecule has 2 rings (SSSR count). The summed E-state index contributed by atoms with van der Waals surface area (Å²) in [6.07, 6.45) is 3.54. The topological polar surface area (TPSA) is 80.5 Å². The largest absolute Gasteiger partial charge is 0.479 e. The fourth-order valence-electron chi connectivity index (χ4n) is 2.41. The zero-order chi connectivity index (χ0) is 15.2. The lowest BCUT2D eigenvalue weighted by molar-refractivity contribution is -0.386. The molecule has 0 saturated carbocycles. The van der Waals surface area contributed by atoms with Crippen molar-refractivity contribution in [2.45, 2.75) is 19.3 Å². The van der Waals surface area contributed by atoms with Gasteiger partial charge >= 0.3 is 5.69 Å². The molecular formula is C13H19BrN4O3. The molecule has 116 valence electrons. The van der Waals surface area contributed by atoms with Gasteiger partial charge in [-0.2, -0.15) is 4.98 Å². The van der Waals surface area contributed by atoms with Crippen LogP contribution in [-0.4, -0.2) is 48.1 Å². The monoisotopic (exact) mass is 358 g/mol. The van der Waals surface area contributed by atoms with Crippen molar-refractivity contribution in [3.05, 3.63) is 20.8 Å². The Morgan fingerprint density at radius 1 is 1.52 bits per heavy atom. The number of methoxy groups -OCH3 is 1. The Hall–Kier alpha value is -1.41. The summed E-state index contributed by atoms with van der Waals surface area (Å²) in [5.74, 6) is 0.355. The number of halogens is 1. The molecule has 0 radical (unpaired) electrons. The summed E-state index contributed by atoms with van der Waals surface area (Å²) >= 11 is 3.08. The SMILES string of the molecule is COc1nc(Br)c([N+](=O)[O-])cc1NCCCN1CCCC1. The van der Waals surface area contributed by atoms with Crippen molar-refractivity contribution >= 4 is 27.3 Å². The first kappa shape index (κ1) is 16.0. The molecule has 7 nitrogen and oxygen atoms in total. The zero-order valence-corrected chi connectivity index (χ0v) is 13.6. The van der Waals surface area contributed by atoms with Crippen LogP contribution in [0.3, 0.4) is 0 Å². The maximum atomic E-state index is 10.9. The Kier molecular flexibility index (Phi) is 5.75. The third-order valence-corrected chi connectivity index (χ3v) is 4.06. The minimum atomic E-state index is -0.466. The highest BCUT2D eigenvalue weighted by Gasteiger charge is 2.18. The summed E-state index contributed by atoms with van der Waals surface area (Å²) < 4.78 is 5.33. The smallest absolute Gasteiger partial charge is 0.304 e. The van der Waals surface area contributed by atoms with Gasteiger partial charge in [-0.05, 0) is 54.8 Å². The van der Waals surface area contributed by atoms with E-state index >= 15 is 0 Å². The Morgan fingerprint density at radius 3 is 2.86 bits per heavy atom. The van der Waals surface area contributed by atoms with Gasteiger partial charge in [-0.1, -0.05) is 0 Å². The first-order valence-electron chi connectivity index (χ1n) is 6.97. The molecule has 2 heterocycles. The van der Waals surface area contributed by atoms with Gasteiger partial charge in [0.25, 0.3) is 0 Å². The number of aromatic nitrogens is 1. The molecule has 1 aromatic heterocycles. The van der Waals surface area contributed by atoms with Crippen molar-refractivity contribution in [3.63, 3.8) is 0 Å². The molecule has 0 aliphatic carbocycles. The lowest BCUT2D eigenvalue weighted by atomic mass is 10.3. The van der Waals surface area contributed by atoms with Crippen LogP contribution in [0.2, 0.25) is 0 Å². The molecule has 0 aromatic carbocycles. The maximum Gasteiger partial charge on any atom is 0.304 e. The Labute approximate surface area is 132 Å². The van der Waals surface area contributed by atoms with E-state index in [1.807, 2.05) is 0 Å². The molecule has 1 aromatic rings. The van der Waals surface area contributed by atoms with Gasteiger partial charge in [-0.3, -0.25) is 10.1 Å². The highest BCUT2D eigenvalue weighted by atomic mass is 79.9. The Balaban J connectivity index is 1.94. The van der Waals surface area contributed by atoms with E-state index in [0.29, 0.717) is 11.6 Å². The summed E-state index contributed by atoms with van der Waals surface area (Å²) in [6.45, 7) is 4.12. The highest BCUT2D eigenvalue weighted by molar-refractivity contribution is 9.10. The molecule has 0 amide bonds. The number of nitrogens with zero attached hydrogens (tertiary/aromatic N) is 3. The third-order valence-electron chi connectivity index (χ3n) is 3.48. The van der Waals surface area contributed by atoms with Gasteiger partial charge in [0.15, 0.2) is 4.60 Å². The van der Waals surface area contributed by atoms with Crippen LogP contribution in [0.5, 0.6) is 5.88 Å². The fourth-order valence-corrected chi connectivity index (χ4v) is 2.83. The molecule has 0 unspecified atom stereocenters. The van der Waals surface area contributed by atoms with Gasteiger partial charge in [0.05, 0.1) is 12.0 Å². The highest BCUT2D eigenvalue weighted by Crippen LogP contribution is 2.32. The van der Waals surface area contributed by atoms with E-state index in [9.17, 15) is 10.1 Å². The number of pyridine rings is 1. The number of likely N-dealkylation sites (tertiary alicyclic amines) is 1. The summed E-state index contributed by atoms with van der Waals surface area (Å²) in [5, 5.41) is 14.1. The van der Waals surface area contributed by atoms with E-state index in [-0.39, 0.29) is 10.3 Å². The molecular weight excluding hydrogens is 340 g/mol. The van der Waals surface area contributed by atoms with Gasteiger partial charge in [-0.25, -0.2) is 0 Å². The normalized spacial score (nSPS) is 15.1. The van der Waals surface area contributed by atoms with E-state index in [0.717, 1.165) is 19.5 Å². The van der Waals surface area contributed by atoms with Crippen LogP contribution in [0.15, 0.2) is 10.7 Å². The number of ether oxygens (including phenoxy) is 1. The Bertz CT molecular complexity index is 506. The summed E-state index contributed by atoms with van der Waals surface area (Å²) in [5.41, 5.74) is 0.478. The van der Waals surface area contributed by atoms with E-state index in [2.05, 4.69) is 31.1 Å². The van der Waals surface area contributed by atoms with Crippen LogP contribution in [0.1, 0.15) is 19.3 Å². The predicted octanol–water partition coefficient (Wildman–Crippen LogP) is 2.66. The van der Waals surface area contributed by atoms with Crippen molar-refractivity contribution in [2.24, 2.45) is 0 Å². The molecule has 1 aliphatic rings. The minimum absolute atomic E-state index is 0.0714. The van der Waals surface area contributed by atoms with Crippen LogP contribution < -0.4 is 10.1 Å². The maximum absolute atomic E-state index is 10.9. The molecule has 1 aliphatic heterocycles. The van der Waals surface area contributed by atoms with Crippen molar-refractivity contribution in [1.29, 1.82) is 0 Å². The first-order chi connectivity index (χ1) is 10.1. The van der Waals surface area contributed by atoms with Crippen LogP contribution >= 0.6 is 15.9 Å². The molecule has 1 N–H and O–H groups in total. The quantitative estimate of drug-likeness (QED) is 0.349. The third kappa shape index (κ3) is 4.28. The zero-order valence-electron chi connectivity index (χ0n) is 12.0. The summed E-state index contributed by atoms with van der Waals surface area (Å²) in [4.78, 5) is 17.0. The summed E-state index contributed by atoms with van der Waals surface area (Å²) in [7, 11) is 1.50. The van der Waals surface area contributed by atoms with E-state index < -0.39 is 4.92 Å². The molecule has 0 spiro atoms. The number of nitrogens with one attached hydrogen (secondary N) is 1. The average Bonchev–Trinajstić information content (AvgIpc) is 2.97. The standard InChI is InChI=1S/C13H19BrN4O3/c1-21-13-10(9-11(18(19)20)12(14)16-13)15-5-4-8-17-6-2-3-7-17/h9,15H,2-8H2,1H3. The second kappa shape index (κ2) is 7.56. The number of hydrogen-bond donors (Lipinski definition) is 1. The first-order valence-corrected chi connectivity index (χ1v) is 7.76.